The third kappa shape index (κ3) is 3.03. The van der Waals surface area contributed by atoms with Gasteiger partial charge in [-0.15, -0.1) is 0 Å². The number of nitrogens with zero attached hydrogens (tertiary/aromatic N) is 1. The average molecular weight is 386 g/mol. The Morgan fingerprint density at radius 2 is 1.21 bits per heavy atom. The maximum absolute atomic E-state index is 12.6. The topological polar surface area (TPSA) is 77.8 Å². The van der Waals surface area contributed by atoms with Crippen LogP contribution in [-0.2, 0) is 15.0 Å². The van der Waals surface area contributed by atoms with Crippen molar-refractivity contribution in [1.29, 1.82) is 0 Å². The van der Waals surface area contributed by atoms with Crippen LogP contribution < -0.4 is 0 Å². The Morgan fingerprint density at radius 1 is 0.821 bits per heavy atom. The normalized spacial score (nSPS) is 17.8. The minimum Gasteiger partial charge on any atom is -0.478 e. The van der Waals surface area contributed by atoms with Crippen molar-refractivity contribution in [1.82, 2.24) is 4.90 Å². The molecular formula is C23H31NO4. The molecule has 0 fully saturated rings. The van der Waals surface area contributed by atoms with Gasteiger partial charge in [-0.2, -0.15) is 0 Å². The summed E-state index contributed by atoms with van der Waals surface area (Å²) in [6.45, 7) is 15.1. The Kier molecular flexibility index (Phi) is 5.28. The fourth-order valence-electron chi connectivity index (χ4n) is 4.94. The van der Waals surface area contributed by atoms with Crippen LogP contribution in [0.25, 0.3) is 0 Å². The van der Waals surface area contributed by atoms with Gasteiger partial charge in [-0.3, -0.25) is 0 Å². The van der Waals surface area contributed by atoms with Crippen LogP contribution in [0.4, 0.5) is 0 Å². The molecule has 5 nitrogen and oxygen atoms in total. The summed E-state index contributed by atoms with van der Waals surface area (Å²) in [6, 6.07) is 9.14. The first-order valence-corrected chi connectivity index (χ1v) is 9.44. The SMILES string of the molecule is CC1=C(C(=O)O)C(c2ccccc2)(C(C)(C)C)C(C(=O)O)=C(C)N1C(C)(C)C. The van der Waals surface area contributed by atoms with Crippen molar-refractivity contribution in [2.24, 2.45) is 5.41 Å². The van der Waals surface area contributed by atoms with Crippen molar-refractivity contribution in [3.8, 4) is 0 Å². The van der Waals surface area contributed by atoms with Crippen LogP contribution in [0.3, 0.4) is 0 Å². The van der Waals surface area contributed by atoms with Crippen molar-refractivity contribution in [3.05, 3.63) is 58.4 Å². The van der Waals surface area contributed by atoms with Gasteiger partial charge in [-0.1, -0.05) is 51.1 Å². The minimum atomic E-state index is -1.30. The number of carbonyl (C=O) groups is 2. The quantitative estimate of drug-likeness (QED) is 0.781. The number of carboxylic acids is 2. The smallest absolute Gasteiger partial charge is 0.334 e. The molecule has 1 aromatic carbocycles. The molecule has 28 heavy (non-hydrogen) atoms. The van der Waals surface area contributed by atoms with Gasteiger partial charge < -0.3 is 15.1 Å². The summed E-state index contributed by atoms with van der Waals surface area (Å²) < 4.78 is 0. The monoisotopic (exact) mass is 385 g/mol. The largest absolute Gasteiger partial charge is 0.478 e. The molecule has 0 aliphatic carbocycles. The van der Waals surface area contributed by atoms with Crippen molar-refractivity contribution in [2.75, 3.05) is 0 Å². The molecule has 0 spiro atoms. The highest BCUT2D eigenvalue weighted by Crippen LogP contribution is 2.57. The summed E-state index contributed by atoms with van der Waals surface area (Å²) in [6.07, 6.45) is 0. The van der Waals surface area contributed by atoms with Gasteiger partial charge in [0, 0.05) is 16.9 Å². The molecule has 5 heteroatoms. The number of rotatable bonds is 3. The van der Waals surface area contributed by atoms with Gasteiger partial charge in [-0.05, 0) is 45.6 Å². The van der Waals surface area contributed by atoms with E-state index in [1.807, 2.05) is 76.8 Å². The first kappa shape index (κ1) is 21.7. The van der Waals surface area contributed by atoms with E-state index < -0.39 is 28.3 Å². The van der Waals surface area contributed by atoms with Crippen LogP contribution in [0.1, 0.15) is 61.0 Å². The maximum Gasteiger partial charge on any atom is 0.334 e. The van der Waals surface area contributed by atoms with Crippen molar-refractivity contribution in [2.45, 2.75) is 66.3 Å². The van der Waals surface area contributed by atoms with E-state index in [9.17, 15) is 19.8 Å². The fourth-order valence-corrected chi connectivity index (χ4v) is 4.94. The van der Waals surface area contributed by atoms with Gasteiger partial charge in [-0.25, -0.2) is 9.59 Å². The second-order valence-corrected chi connectivity index (χ2v) is 9.40. The Labute approximate surface area is 167 Å². The number of carboxylic acid groups (broad SMARTS) is 2. The van der Waals surface area contributed by atoms with E-state index in [1.165, 1.54) is 0 Å². The Bertz CT molecular complexity index is 826. The number of allylic oxidation sites excluding steroid dienone is 2. The molecule has 1 heterocycles. The van der Waals surface area contributed by atoms with Gasteiger partial charge in [0.25, 0.3) is 0 Å². The lowest BCUT2D eigenvalue weighted by atomic mass is 9.53. The predicted molar refractivity (Wildman–Crippen MR) is 110 cm³/mol. The van der Waals surface area contributed by atoms with Gasteiger partial charge in [0.2, 0.25) is 0 Å². The molecule has 2 rings (SSSR count). The number of hydrogen-bond donors (Lipinski definition) is 2. The lowest BCUT2D eigenvalue weighted by molar-refractivity contribution is -0.135. The zero-order valence-corrected chi connectivity index (χ0v) is 18.0. The number of benzene rings is 1. The van der Waals surface area contributed by atoms with Crippen molar-refractivity contribution < 1.29 is 19.8 Å². The summed E-state index contributed by atoms with van der Waals surface area (Å²) in [5, 5.41) is 20.7. The minimum absolute atomic E-state index is 0.115. The standard InChI is InChI=1S/C23H31NO4/c1-14-17(19(25)26)23(21(3,4)5,16-12-10-9-11-13-16)18(20(27)28)15(2)24(14)22(6,7)8/h9-13H,1-8H3,(H,25,26)(H,27,28). The highest BCUT2D eigenvalue weighted by molar-refractivity contribution is 6.01. The van der Waals surface area contributed by atoms with Gasteiger partial charge >= 0.3 is 11.9 Å². The summed E-state index contributed by atoms with van der Waals surface area (Å²) in [4.78, 5) is 27.1. The van der Waals surface area contributed by atoms with Gasteiger partial charge in [0.15, 0.2) is 0 Å². The lowest BCUT2D eigenvalue weighted by Gasteiger charge is -2.54. The van der Waals surface area contributed by atoms with E-state index in [0.717, 1.165) is 0 Å². The van der Waals surface area contributed by atoms with Crippen LogP contribution in [0.2, 0.25) is 0 Å². The van der Waals surface area contributed by atoms with E-state index in [1.54, 1.807) is 13.8 Å². The third-order valence-corrected chi connectivity index (χ3v) is 5.57. The van der Waals surface area contributed by atoms with Gasteiger partial charge in [0.05, 0.1) is 16.6 Å². The Hall–Kier alpha value is -2.56. The summed E-state index contributed by atoms with van der Waals surface area (Å²) in [7, 11) is 0. The van der Waals surface area contributed by atoms with Crippen LogP contribution in [0, 0.1) is 5.41 Å². The summed E-state index contributed by atoms with van der Waals surface area (Å²) in [5.41, 5.74) is -0.444. The van der Waals surface area contributed by atoms with E-state index in [0.29, 0.717) is 17.0 Å². The van der Waals surface area contributed by atoms with E-state index in [2.05, 4.69) is 0 Å². The van der Waals surface area contributed by atoms with Crippen LogP contribution in [0.15, 0.2) is 52.9 Å². The van der Waals surface area contributed by atoms with E-state index in [4.69, 9.17) is 0 Å². The van der Waals surface area contributed by atoms with Crippen molar-refractivity contribution in [3.63, 3.8) is 0 Å². The first-order valence-electron chi connectivity index (χ1n) is 9.44. The molecule has 0 saturated carbocycles. The van der Waals surface area contributed by atoms with Crippen LogP contribution >= 0.6 is 0 Å². The lowest BCUT2D eigenvalue weighted by Crippen LogP contribution is -2.55. The Morgan fingerprint density at radius 3 is 1.50 bits per heavy atom. The molecule has 2 N–H and O–H groups in total. The molecule has 1 aliphatic heterocycles. The molecule has 0 atom stereocenters. The molecule has 0 unspecified atom stereocenters. The molecule has 152 valence electrons. The fraction of sp³-hybridized carbons (Fsp3) is 0.478. The molecule has 1 aliphatic rings. The third-order valence-electron chi connectivity index (χ3n) is 5.57. The molecule has 1 aromatic rings. The van der Waals surface area contributed by atoms with Crippen LogP contribution in [0.5, 0.6) is 0 Å². The zero-order chi connectivity index (χ0) is 21.7. The van der Waals surface area contributed by atoms with Crippen LogP contribution in [-0.4, -0.2) is 32.6 Å². The second kappa shape index (κ2) is 6.80. The second-order valence-electron chi connectivity index (χ2n) is 9.40. The molecule has 0 aromatic heterocycles. The zero-order valence-electron chi connectivity index (χ0n) is 18.0. The number of hydrogen-bond acceptors (Lipinski definition) is 3. The van der Waals surface area contributed by atoms with E-state index >= 15 is 0 Å². The maximum atomic E-state index is 12.6. The highest BCUT2D eigenvalue weighted by atomic mass is 16.4. The van der Waals surface area contributed by atoms with Gasteiger partial charge in [0.1, 0.15) is 0 Å². The first-order chi connectivity index (χ1) is 12.7. The Balaban J connectivity index is 3.18. The molecule has 0 saturated heterocycles. The summed E-state index contributed by atoms with van der Waals surface area (Å²) >= 11 is 0. The molecule has 0 bridgehead atoms. The predicted octanol–water partition coefficient (Wildman–Crippen LogP) is 4.80. The average Bonchev–Trinajstić information content (AvgIpc) is 2.51. The molecular weight excluding hydrogens is 354 g/mol. The summed E-state index contributed by atoms with van der Waals surface area (Å²) in [5.74, 6) is -2.20. The number of aliphatic carboxylic acids is 2. The highest BCUT2D eigenvalue weighted by Gasteiger charge is 2.58. The molecule has 0 amide bonds. The van der Waals surface area contributed by atoms with E-state index in [-0.39, 0.29) is 11.1 Å². The van der Waals surface area contributed by atoms with Crippen molar-refractivity contribution >= 4 is 11.9 Å². The molecule has 0 radical (unpaired) electrons.